The zero-order valence-electron chi connectivity index (χ0n) is 24.3. The summed E-state index contributed by atoms with van der Waals surface area (Å²) in [6.07, 6.45) is 3.44. The summed E-state index contributed by atoms with van der Waals surface area (Å²) in [7, 11) is -3.33. The number of ether oxygens (including phenoxy) is 1. The molecule has 1 unspecified atom stereocenters. The Labute approximate surface area is 248 Å². The Hall–Kier alpha value is -2.99. The fourth-order valence-corrected chi connectivity index (χ4v) is 8.21. The topological polar surface area (TPSA) is 133 Å². The van der Waals surface area contributed by atoms with Crippen LogP contribution in [0.15, 0.2) is 42.5 Å². The maximum atomic E-state index is 14.0. The van der Waals surface area contributed by atoms with Crippen molar-refractivity contribution in [2.24, 2.45) is 11.7 Å². The van der Waals surface area contributed by atoms with Gasteiger partial charge in [0.25, 0.3) is 0 Å². The van der Waals surface area contributed by atoms with Crippen molar-refractivity contribution in [1.29, 1.82) is 0 Å². The number of rotatable bonds is 12. The highest BCUT2D eigenvalue weighted by Crippen LogP contribution is 2.41. The van der Waals surface area contributed by atoms with Crippen LogP contribution in [0.4, 0.5) is 5.69 Å². The quantitative estimate of drug-likeness (QED) is 0.381. The number of carbonyl (C=O) groups excluding carboxylic acids is 1. The second kappa shape index (κ2) is 13.1. The van der Waals surface area contributed by atoms with Gasteiger partial charge >= 0.3 is 5.97 Å². The first-order valence-electron chi connectivity index (χ1n) is 15.0. The predicted molar refractivity (Wildman–Crippen MR) is 161 cm³/mol. The third-order valence-electron chi connectivity index (χ3n) is 8.89. The van der Waals surface area contributed by atoms with Gasteiger partial charge in [-0.2, -0.15) is 0 Å². The molecule has 11 heteroatoms. The minimum atomic E-state index is -3.33. The summed E-state index contributed by atoms with van der Waals surface area (Å²) >= 11 is 0. The van der Waals surface area contributed by atoms with Crippen molar-refractivity contribution in [2.75, 3.05) is 50.0 Å². The molecule has 2 saturated heterocycles. The maximum absolute atomic E-state index is 14.0. The number of hydrogen-bond donors (Lipinski definition) is 2. The van der Waals surface area contributed by atoms with Crippen LogP contribution in [0.5, 0.6) is 5.75 Å². The highest BCUT2D eigenvalue weighted by atomic mass is 32.2. The molecule has 3 atom stereocenters. The molecule has 10 nitrogen and oxygen atoms in total. The van der Waals surface area contributed by atoms with Crippen LogP contribution in [0.2, 0.25) is 0 Å². The lowest BCUT2D eigenvalue weighted by Gasteiger charge is -2.30. The first-order valence-corrected chi connectivity index (χ1v) is 16.6. The lowest BCUT2D eigenvalue weighted by molar-refractivity contribution is -0.143. The van der Waals surface area contributed by atoms with Crippen LogP contribution in [0.3, 0.4) is 0 Å². The highest BCUT2D eigenvalue weighted by molar-refractivity contribution is 7.89. The first-order chi connectivity index (χ1) is 20.2. The Kier molecular flexibility index (Phi) is 9.51. The Morgan fingerprint density at radius 1 is 1.19 bits per heavy atom. The normalized spacial score (nSPS) is 23.5. The number of anilines is 1. The van der Waals surface area contributed by atoms with E-state index in [1.54, 1.807) is 4.90 Å². The van der Waals surface area contributed by atoms with E-state index < -0.39 is 28.0 Å². The molecule has 5 rings (SSSR count). The molecular weight excluding hydrogens is 556 g/mol. The Morgan fingerprint density at radius 2 is 2.02 bits per heavy atom. The monoisotopic (exact) mass is 598 g/mol. The standard InChI is InChI=1S/C31H42N4O6S/c1-2-3-13-35(25-7-4-6-22(17-25)19-32)29(36)21-33-20-26(23-8-9-28-24(18-23)11-15-41-28)30(31(37)38)27(33)10-14-34-12-5-16-42(34,39)40/h4,6-9,17-18,26-27,30H,2-3,5,10-16,19-21,32H2,1H3,(H,37,38)/t26-,27+,30?/m1/s1. The van der Waals surface area contributed by atoms with Gasteiger partial charge in [0.2, 0.25) is 15.9 Å². The van der Waals surface area contributed by atoms with Gasteiger partial charge in [-0.25, -0.2) is 12.7 Å². The number of likely N-dealkylation sites (tertiary alicyclic amines) is 1. The molecule has 2 aromatic carbocycles. The number of nitrogens with two attached hydrogens (primary N) is 1. The number of fused-ring (bicyclic) bond motifs is 1. The summed E-state index contributed by atoms with van der Waals surface area (Å²) in [6, 6.07) is 13.1. The fraction of sp³-hybridized carbons (Fsp3) is 0.548. The van der Waals surface area contributed by atoms with Crippen molar-refractivity contribution in [3.05, 3.63) is 59.2 Å². The summed E-state index contributed by atoms with van der Waals surface area (Å²) in [5.41, 5.74) is 9.57. The second-order valence-corrected chi connectivity index (χ2v) is 13.7. The Bertz CT molecular complexity index is 1400. The highest BCUT2D eigenvalue weighted by Gasteiger charge is 2.48. The van der Waals surface area contributed by atoms with E-state index in [0.717, 1.165) is 47.4 Å². The van der Waals surface area contributed by atoms with Crippen LogP contribution >= 0.6 is 0 Å². The molecule has 0 aliphatic carbocycles. The van der Waals surface area contributed by atoms with Crippen molar-refractivity contribution in [3.63, 3.8) is 0 Å². The van der Waals surface area contributed by atoms with Gasteiger partial charge in [0.1, 0.15) is 5.75 Å². The molecule has 3 aliphatic heterocycles. The molecule has 0 saturated carbocycles. The smallest absolute Gasteiger partial charge is 0.308 e. The number of carboxylic acids is 1. The Morgan fingerprint density at radius 3 is 2.74 bits per heavy atom. The molecule has 228 valence electrons. The molecular formula is C31H42N4O6S. The lowest BCUT2D eigenvalue weighted by Crippen LogP contribution is -2.45. The van der Waals surface area contributed by atoms with Crippen LogP contribution in [0, 0.1) is 5.92 Å². The van der Waals surface area contributed by atoms with Gasteiger partial charge in [-0.15, -0.1) is 0 Å². The Balaban J connectivity index is 1.44. The minimum Gasteiger partial charge on any atom is -0.493 e. The van der Waals surface area contributed by atoms with Gasteiger partial charge in [0.15, 0.2) is 0 Å². The minimum absolute atomic E-state index is 0.0440. The average molecular weight is 599 g/mol. The number of amides is 1. The maximum Gasteiger partial charge on any atom is 0.308 e. The molecule has 1 amide bonds. The molecule has 0 bridgehead atoms. The van der Waals surface area contributed by atoms with Gasteiger partial charge in [-0.05, 0) is 54.2 Å². The van der Waals surface area contributed by atoms with Gasteiger partial charge in [0, 0.05) is 56.8 Å². The van der Waals surface area contributed by atoms with E-state index in [-0.39, 0.29) is 30.7 Å². The molecule has 42 heavy (non-hydrogen) atoms. The summed E-state index contributed by atoms with van der Waals surface area (Å²) in [6.45, 7) is 4.72. The fourth-order valence-electron chi connectivity index (χ4n) is 6.67. The number of aliphatic carboxylic acids is 1. The van der Waals surface area contributed by atoms with Crippen molar-refractivity contribution >= 4 is 27.6 Å². The number of sulfonamides is 1. The van der Waals surface area contributed by atoms with Crippen LogP contribution in [0.1, 0.15) is 55.2 Å². The van der Waals surface area contributed by atoms with E-state index in [9.17, 15) is 23.1 Å². The summed E-state index contributed by atoms with van der Waals surface area (Å²) in [5.74, 6) is -1.21. The van der Waals surface area contributed by atoms with Crippen LogP contribution in [0.25, 0.3) is 0 Å². The number of carbonyl (C=O) groups is 2. The van der Waals surface area contributed by atoms with E-state index in [1.165, 1.54) is 4.31 Å². The SMILES string of the molecule is CCCCN(C(=O)CN1C[C@H](c2ccc3c(c2)CCO3)C(C(=O)O)[C@@H]1CCN1CCCS1(=O)=O)c1cccc(CN)c1. The van der Waals surface area contributed by atoms with Gasteiger partial charge in [0.05, 0.1) is 24.8 Å². The van der Waals surface area contributed by atoms with Crippen LogP contribution < -0.4 is 15.4 Å². The summed E-state index contributed by atoms with van der Waals surface area (Å²) in [4.78, 5) is 30.6. The molecule has 0 spiro atoms. The van der Waals surface area contributed by atoms with E-state index >= 15 is 0 Å². The number of hydrogen-bond acceptors (Lipinski definition) is 7. The van der Waals surface area contributed by atoms with Crippen molar-refractivity contribution < 1.29 is 27.9 Å². The zero-order valence-corrected chi connectivity index (χ0v) is 25.1. The summed E-state index contributed by atoms with van der Waals surface area (Å²) < 4.78 is 32.2. The van der Waals surface area contributed by atoms with Crippen molar-refractivity contribution in [1.82, 2.24) is 9.21 Å². The second-order valence-electron chi connectivity index (χ2n) is 11.6. The average Bonchev–Trinajstić information content (AvgIpc) is 3.68. The first kappa shape index (κ1) is 30.5. The molecule has 3 aliphatic rings. The number of carboxylic acid groups (broad SMARTS) is 1. The lowest BCUT2D eigenvalue weighted by atomic mass is 9.83. The molecule has 2 fully saturated rings. The molecule has 2 aromatic rings. The number of benzene rings is 2. The van der Waals surface area contributed by atoms with E-state index in [2.05, 4.69) is 6.92 Å². The van der Waals surface area contributed by atoms with Crippen LogP contribution in [-0.2, 0) is 32.6 Å². The third-order valence-corrected chi connectivity index (χ3v) is 10.8. The van der Waals surface area contributed by atoms with Crippen molar-refractivity contribution in [2.45, 2.75) is 57.5 Å². The van der Waals surface area contributed by atoms with Crippen LogP contribution in [-0.4, -0.2) is 85.7 Å². The van der Waals surface area contributed by atoms with Gasteiger partial charge < -0.3 is 20.5 Å². The van der Waals surface area contributed by atoms with Gasteiger partial charge in [-0.1, -0.05) is 37.6 Å². The number of nitrogens with zero attached hydrogens (tertiary/aromatic N) is 3. The largest absolute Gasteiger partial charge is 0.493 e. The molecule has 0 aromatic heterocycles. The third kappa shape index (κ3) is 6.49. The zero-order chi connectivity index (χ0) is 29.9. The molecule has 3 heterocycles. The van der Waals surface area contributed by atoms with Gasteiger partial charge in [-0.3, -0.25) is 14.5 Å². The van der Waals surface area contributed by atoms with E-state index in [4.69, 9.17) is 10.5 Å². The van der Waals surface area contributed by atoms with E-state index in [1.807, 2.05) is 47.4 Å². The number of unbranched alkanes of at least 4 members (excludes halogenated alkanes) is 1. The van der Waals surface area contributed by atoms with E-state index in [0.29, 0.717) is 45.6 Å². The molecule has 3 N–H and O–H groups in total. The summed E-state index contributed by atoms with van der Waals surface area (Å²) in [5, 5.41) is 10.5. The van der Waals surface area contributed by atoms with Crippen molar-refractivity contribution in [3.8, 4) is 5.75 Å². The molecule has 0 radical (unpaired) electrons. The predicted octanol–water partition coefficient (Wildman–Crippen LogP) is 2.81.